The largest absolute Gasteiger partial charge is 0.388 e. The van der Waals surface area contributed by atoms with Gasteiger partial charge in [-0.2, -0.15) is 0 Å². The third-order valence-electron chi connectivity index (χ3n) is 2.50. The molecule has 0 saturated heterocycles. The van der Waals surface area contributed by atoms with Crippen LogP contribution in [0.4, 0.5) is 10.1 Å². The molecule has 9 heteroatoms. The Bertz CT molecular complexity index is 774. The normalized spacial score (nSPS) is 11.1. The first-order chi connectivity index (χ1) is 9.81. The van der Waals surface area contributed by atoms with Gasteiger partial charge in [0, 0.05) is 6.20 Å². The Kier molecular flexibility index (Phi) is 4.40. The molecule has 0 saturated carbocycles. The zero-order chi connectivity index (χ0) is 15.6. The summed E-state index contributed by atoms with van der Waals surface area (Å²) in [6, 6.07) is 6.46. The Morgan fingerprint density at radius 2 is 2.05 bits per heavy atom. The van der Waals surface area contributed by atoms with Crippen LogP contribution in [-0.4, -0.2) is 18.4 Å². The number of hydrogen-bond donors (Lipinski definition) is 2. The molecule has 1 aromatic carbocycles. The van der Waals surface area contributed by atoms with Gasteiger partial charge in [-0.05, 0) is 24.3 Å². The van der Waals surface area contributed by atoms with E-state index in [9.17, 15) is 12.8 Å². The van der Waals surface area contributed by atoms with Crippen molar-refractivity contribution < 1.29 is 12.8 Å². The molecule has 110 valence electrons. The van der Waals surface area contributed by atoms with Crippen LogP contribution < -0.4 is 10.5 Å². The van der Waals surface area contributed by atoms with Crippen LogP contribution in [-0.2, 0) is 10.0 Å². The molecule has 21 heavy (non-hydrogen) atoms. The lowest BCUT2D eigenvalue weighted by molar-refractivity contribution is 0.598. The van der Waals surface area contributed by atoms with E-state index in [1.807, 2.05) is 0 Å². The molecule has 0 radical (unpaired) electrons. The molecular weight excluding hydrogens is 337 g/mol. The summed E-state index contributed by atoms with van der Waals surface area (Å²) < 4.78 is 40.0. The second kappa shape index (κ2) is 5.92. The van der Waals surface area contributed by atoms with E-state index < -0.39 is 15.8 Å². The van der Waals surface area contributed by atoms with Crippen molar-refractivity contribution in [3.8, 4) is 0 Å². The van der Waals surface area contributed by atoms with Crippen molar-refractivity contribution in [3.63, 3.8) is 0 Å². The van der Waals surface area contributed by atoms with E-state index in [1.165, 1.54) is 24.3 Å². The van der Waals surface area contributed by atoms with Gasteiger partial charge >= 0.3 is 0 Å². The highest BCUT2D eigenvalue weighted by Crippen LogP contribution is 2.27. The summed E-state index contributed by atoms with van der Waals surface area (Å²) >= 11 is 10.5. The molecule has 0 aliphatic rings. The molecule has 0 bridgehead atoms. The van der Waals surface area contributed by atoms with E-state index >= 15 is 0 Å². The van der Waals surface area contributed by atoms with Gasteiger partial charge in [0.15, 0.2) is 0 Å². The van der Waals surface area contributed by atoms with Gasteiger partial charge in [0.25, 0.3) is 10.0 Å². The molecule has 5 nitrogen and oxygen atoms in total. The van der Waals surface area contributed by atoms with Gasteiger partial charge in [-0.1, -0.05) is 29.9 Å². The quantitative estimate of drug-likeness (QED) is 0.830. The number of aromatic nitrogens is 1. The van der Waals surface area contributed by atoms with Crippen LogP contribution in [0.15, 0.2) is 41.4 Å². The number of benzene rings is 1. The number of rotatable bonds is 4. The minimum absolute atomic E-state index is 0.0454. The Hall–Kier alpha value is -1.77. The van der Waals surface area contributed by atoms with Gasteiger partial charge in [0.05, 0.1) is 10.7 Å². The summed E-state index contributed by atoms with van der Waals surface area (Å²) in [6.07, 6.45) is 1.07. The third kappa shape index (κ3) is 3.46. The number of hydrogen-bond acceptors (Lipinski definition) is 4. The summed E-state index contributed by atoms with van der Waals surface area (Å²) in [7, 11) is -4.02. The van der Waals surface area contributed by atoms with Crippen LogP contribution >= 0.6 is 23.8 Å². The third-order valence-corrected chi connectivity index (χ3v) is 4.36. The van der Waals surface area contributed by atoms with Crippen LogP contribution in [0.5, 0.6) is 0 Å². The molecule has 0 unspecified atom stereocenters. The summed E-state index contributed by atoms with van der Waals surface area (Å²) in [5, 5.41) is -0.0497. The van der Waals surface area contributed by atoms with Crippen LogP contribution in [0.3, 0.4) is 0 Å². The topological polar surface area (TPSA) is 85.1 Å². The average Bonchev–Trinajstić information content (AvgIpc) is 2.43. The van der Waals surface area contributed by atoms with Crippen LogP contribution in [0.25, 0.3) is 0 Å². The number of para-hydroxylation sites is 1. The number of pyridine rings is 1. The van der Waals surface area contributed by atoms with Crippen molar-refractivity contribution in [2.75, 3.05) is 4.72 Å². The minimum Gasteiger partial charge on any atom is -0.388 e. The number of nitrogens with one attached hydrogen (secondary N) is 1. The first-order valence-corrected chi connectivity index (χ1v) is 7.81. The fourth-order valence-corrected chi connectivity index (χ4v) is 2.89. The lowest BCUT2D eigenvalue weighted by Crippen LogP contribution is -2.16. The first kappa shape index (κ1) is 15.6. The molecule has 3 N–H and O–H groups in total. The zero-order valence-corrected chi connectivity index (χ0v) is 12.8. The zero-order valence-electron chi connectivity index (χ0n) is 10.4. The van der Waals surface area contributed by atoms with Gasteiger partial charge in [-0.3, -0.25) is 9.71 Å². The minimum atomic E-state index is -4.02. The summed E-state index contributed by atoms with van der Waals surface area (Å²) in [5.74, 6) is -0.779. The van der Waals surface area contributed by atoms with Gasteiger partial charge < -0.3 is 5.73 Å². The predicted octanol–water partition coefficient (Wildman–Crippen LogP) is 2.31. The number of sulfonamides is 1. The molecular formula is C12H9ClFN3O2S2. The Balaban J connectivity index is 2.36. The Morgan fingerprint density at radius 3 is 2.57 bits per heavy atom. The summed E-state index contributed by atoms with van der Waals surface area (Å²) in [4.78, 5) is 3.70. The van der Waals surface area contributed by atoms with Crippen molar-refractivity contribution in [1.29, 1.82) is 0 Å². The molecule has 0 atom stereocenters. The second-order valence-electron chi connectivity index (χ2n) is 3.95. The van der Waals surface area contributed by atoms with E-state index in [4.69, 9.17) is 29.6 Å². The Morgan fingerprint density at radius 1 is 1.33 bits per heavy atom. The summed E-state index contributed by atoms with van der Waals surface area (Å²) in [5.41, 5.74) is 5.34. The van der Waals surface area contributed by atoms with Gasteiger partial charge in [-0.15, -0.1) is 0 Å². The number of halogens is 2. The second-order valence-corrected chi connectivity index (χ2v) is 6.47. The molecule has 2 rings (SSSR count). The first-order valence-electron chi connectivity index (χ1n) is 5.54. The van der Waals surface area contributed by atoms with E-state index in [0.717, 1.165) is 12.3 Å². The van der Waals surface area contributed by atoms with Crippen molar-refractivity contribution in [2.24, 2.45) is 5.73 Å². The molecule has 0 aliphatic heterocycles. The van der Waals surface area contributed by atoms with Gasteiger partial charge in [0.2, 0.25) is 0 Å². The number of anilines is 1. The Labute approximate surface area is 131 Å². The maximum Gasteiger partial charge on any atom is 0.263 e. The molecule has 1 heterocycles. The fourth-order valence-electron chi connectivity index (χ4n) is 1.47. The van der Waals surface area contributed by atoms with Crippen LogP contribution in [0.1, 0.15) is 5.69 Å². The predicted molar refractivity (Wildman–Crippen MR) is 82.3 cm³/mol. The molecule has 0 spiro atoms. The molecule has 0 aliphatic carbocycles. The highest BCUT2D eigenvalue weighted by Gasteiger charge is 2.18. The fraction of sp³-hybridized carbons (Fsp3) is 0. The van der Waals surface area contributed by atoms with Gasteiger partial charge in [-0.25, -0.2) is 12.8 Å². The van der Waals surface area contributed by atoms with Crippen molar-refractivity contribution in [1.82, 2.24) is 4.98 Å². The average molecular weight is 346 g/mol. The van der Waals surface area contributed by atoms with Gasteiger partial charge in [0.1, 0.15) is 21.4 Å². The smallest absolute Gasteiger partial charge is 0.263 e. The molecule has 0 fully saturated rings. The number of thiocarbonyl (C=S) groups is 1. The lowest BCUT2D eigenvalue weighted by atomic mass is 10.3. The van der Waals surface area contributed by atoms with Crippen molar-refractivity contribution in [2.45, 2.75) is 4.90 Å². The molecule has 0 amide bonds. The number of nitrogens with two attached hydrogens (primary N) is 1. The van der Waals surface area contributed by atoms with E-state index in [2.05, 4.69) is 9.71 Å². The number of nitrogens with zero attached hydrogens (tertiary/aromatic N) is 1. The highest BCUT2D eigenvalue weighted by atomic mass is 35.5. The SMILES string of the molecule is NC(=S)c1ccc(S(=O)(=O)Nc2c(F)cccc2Cl)cn1. The maximum absolute atomic E-state index is 13.6. The lowest BCUT2D eigenvalue weighted by Gasteiger charge is -2.10. The molecule has 2 aromatic rings. The van der Waals surface area contributed by atoms with E-state index in [0.29, 0.717) is 0 Å². The van der Waals surface area contributed by atoms with Crippen LogP contribution in [0, 0.1) is 5.82 Å². The van der Waals surface area contributed by atoms with E-state index in [-0.39, 0.29) is 26.3 Å². The standard InChI is InChI=1S/C12H9ClFN3O2S2/c13-8-2-1-3-9(14)11(8)17-21(18,19)7-4-5-10(12(15)20)16-6-7/h1-6,17H,(H2,15,20). The van der Waals surface area contributed by atoms with Crippen molar-refractivity contribution >= 4 is 44.5 Å². The van der Waals surface area contributed by atoms with E-state index in [1.54, 1.807) is 0 Å². The highest BCUT2D eigenvalue weighted by molar-refractivity contribution is 7.92. The monoisotopic (exact) mass is 345 g/mol. The maximum atomic E-state index is 13.6. The van der Waals surface area contributed by atoms with Crippen molar-refractivity contribution in [3.05, 3.63) is 53.1 Å². The summed E-state index contributed by atoms with van der Waals surface area (Å²) in [6.45, 7) is 0. The molecule has 1 aromatic heterocycles. The van der Waals surface area contributed by atoms with Crippen LogP contribution in [0.2, 0.25) is 5.02 Å².